The van der Waals surface area contributed by atoms with E-state index in [2.05, 4.69) is 10.4 Å². The summed E-state index contributed by atoms with van der Waals surface area (Å²) in [6.45, 7) is 2.51. The molecule has 1 heterocycles. The highest BCUT2D eigenvalue weighted by Crippen LogP contribution is 2.33. The van der Waals surface area contributed by atoms with E-state index in [9.17, 15) is 9.59 Å². The number of hydrogen-bond acceptors (Lipinski definition) is 4. The number of ether oxygens (including phenoxy) is 1. The Hall–Kier alpha value is -3.35. The molecule has 1 atom stereocenters. The monoisotopic (exact) mass is 408 g/mol. The van der Waals surface area contributed by atoms with Crippen LogP contribution in [0.2, 0.25) is 0 Å². The van der Waals surface area contributed by atoms with Crippen LogP contribution in [0, 0.1) is 0 Å². The summed E-state index contributed by atoms with van der Waals surface area (Å²) in [6, 6.07) is 17.0. The average Bonchev–Trinajstić information content (AvgIpc) is 3.23. The van der Waals surface area contributed by atoms with Crippen molar-refractivity contribution in [1.29, 1.82) is 0 Å². The Bertz CT molecular complexity index is 914. The van der Waals surface area contributed by atoms with Crippen LogP contribution in [0.4, 0.5) is 4.79 Å². The van der Waals surface area contributed by atoms with Crippen LogP contribution in [0.3, 0.4) is 0 Å². The summed E-state index contributed by atoms with van der Waals surface area (Å²) in [7, 11) is 3.24. The minimum absolute atomic E-state index is 0.0478. The van der Waals surface area contributed by atoms with Crippen molar-refractivity contribution in [2.45, 2.75) is 25.8 Å². The smallest absolute Gasteiger partial charge is 0.317 e. The Kier molecular flexibility index (Phi) is 7.06. The molecule has 30 heavy (non-hydrogen) atoms. The third kappa shape index (κ3) is 4.97. The molecule has 2 aromatic carbocycles. The molecule has 1 unspecified atom stereocenters. The van der Waals surface area contributed by atoms with E-state index in [1.165, 1.54) is 9.91 Å². The van der Waals surface area contributed by atoms with Crippen molar-refractivity contribution in [1.82, 2.24) is 15.2 Å². The van der Waals surface area contributed by atoms with E-state index < -0.39 is 0 Å². The first-order valence-electron chi connectivity index (χ1n) is 10.1. The van der Waals surface area contributed by atoms with Gasteiger partial charge >= 0.3 is 6.03 Å². The van der Waals surface area contributed by atoms with Crippen LogP contribution in [0.1, 0.15) is 36.9 Å². The van der Waals surface area contributed by atoms with E-state index in [1.54, 1.807) is 14.2 Å². The Morgan fingerprint density at radius 1 is 1.20 bits per heavy atom. The third-order valence-electron chi connectivity index (χ3n) is 5.00. The van der Waals surface area contributed by atoms with Crippen molar-refractivity contribution in [2.75, 3.05) is 27.2 Å². The number of methoxy groups -OCH3 is 1. The second-order valence-electron chi connectivity index (χ2n) is 7.24. The fourth-order valence-corrected chi connectivity index (χ4v) is 3.37. The second kappa shape index (κ2) is 9.91. The number of rotatable bonds is 7. The highest BCUT2D eigenvalue weighted by atomic mass is 16.5. The summed E-state index contributed by atoms with van der Waals surface area (Å²) in [5, 5.41) is 8.94. The summed E-state index contributed by atoms with van der Waals surface area (Å²) in [5.41, 5.74) is 2.74. The van der Waals surface area contributed by atoms with Crippen molar-refractivity contribution in [3.8, 4) is 5.75 Å². The molecule has 0 bridgehead atoms. The number of likely N-dealkylation sites (N-methyl/N-ethyl adjacent to an activating group) is 1. The summed E-state index contributed by atoms with van der Waals surface area (Å²) in [6.07, 6.45) is 1.43. The zero-order chi connectivity index (χ0) is 21.5. The molecule has 7 heteroatoms. The van der Waals surface area contributed by atoms with E-state index in [4.69, 9.17) is 4.74 Å². The van der Waals surface area contributed by atoms with Gasteiger partial charge in [0, 0.05) is 25.6 Å². The summed E-state index contributed by atoms with van der Waals surface area (Å²) in [5.74, 6) is 0.513. The van der Waals surface area contributed by atoms with Gasteiger partial charge in [0.1, 0.15) is 12.3 Å². The third-order valence-corrected chi connectivity index (χ3v) is 5.00. The van der Waals surface area contributed by atoms with Gasteiger partial charge in [-0.3, -0.25) is 4.79 Å². The molecule has 3 amide bonds. The fraction of sp³-hybridized carbons (Fsp3) is 0.348. The zero-order valence-corrected chi connectivity index (χ0v) is 17.7. The molecule has 1 aliphatic rings. The van der Waals surface area contributed by atoms with Crippen LogP contribution in [0.15, 0.2) is 59.7 Å². The van der Waals surface area contributed by atoms with Gasteiger partial charge in [-0.15, -0.1) is 0 Å². The first kappa shape index (κ1) is 21.4. The molecule has 1 aliphatic heterocycles. The normalized spacial score (nSPS) is 15.5. The van der Waals surface area contributed by atoms with Crippen molar-refractivity contribution in [3.63, 3.8) is 0 Å². The molecule has 0 aliphatic carbocycles. The first-order valence-corrected chi connectivity index (χ1v) is 10.1. The maximum atomic E-state index is 13.1. The minimum atomic E-state index is -0.266. The molecule has 0 spiro atoms. The molecular weight excluding hydrogens is 380 g/mol. The molecule has 0 aromatic heterocycles. The number of hydrogen-bond donors (Lipinski definition) is 1. The molecule has 0 saturated heterocycles. The van der Waals surface area contributed by atoms with E-state index >= 15 is 0 Å². The molecule has 7 nitrogen and oxygen atoms in total. The van der Waals surface area contributed by atoms with Crippen LogP contribution in [0.5, 0.6) is 5.75 Å². The van der Waals surface area contributed by atoms with Gasteiger partial charge in [-0.2, -0.15) is 5.10 Å². The lowest BCUT2D eigenvalue weighted by atomic mass is 9.98. The van der Waals surface area contributed by atoms with Crippen molar-refractivity contribution >= 4 is 17.6 Å². The number of carbonyl (C=O) groups is 2. The predicted octanol–water partition coefficient (Wildman–Crippen LogP) is 3.42. The number of amides is 3. The number of nitrogens with one attached hydrogen (secondary N) is 1. The number of nitrogens with zero attached hydrogens (tertiary/aromatic N) is 3. The van der Waals surface area contributed by atoms with Gasteiger partial charge in [0.2, 0.25) is 0 Å². The van der Waals surface area contributed by atoms with Gasteiger partial charge in [-0.05, 0) is 24.1 Å². The van der Waals surface area contributed by atoms with Gasteiger partial charge in [0.25, 0.3) is 5.91 Å². The molecular formula is C23H28N4O3. The molecule has 158 valence electrons. The van der Waals surface area contributed by atoms with Gasteiger partial charge in [0.05, 0.1) is 18.9 Å². The average molecular weight is 409 g/mol. The van der Waals surface area contributed by atoms with E-state index in [-0.39, 0.29) is 24.5 Å². The summed E-state index contributed by atoms with van der Waals surface area (Å²) in [4.78, 5) is 26.6. The largest absolute Gasteiger partial charge is 0.497 e. The highest BCUT2D eigenvalue weighted by Gasteiger charge is 2.33. The molecule has 3 rings (SSSR count). The van der Waals surface area contributed by atoms with E-state index in [0.29, 0.717) is 13.0 Å². The number of carbonyl (C=O) groups excluding carboxylic acids is 2. The Morgan fingerprint density at radius 3 is 2.67 bits per heavy atom. The van der Waals surface area contributed by atoms with E-state index in [1.807, 2.05) is 61.5 Å². The molecule has 1 N–H and O–H groups in total. The van der Waals surface area contributed by atoms with Crippen LogP contribution in [-0.4, -0.2) is 54.8 Å². The van der Waals surface area contributed by atoms with Crippen molar-refractivity contribution < 1.29 is 14.3 Å². The van der Waals surface area contributed by atoms with E-state index in [0.717, 1.165) is 29.0 Å². The lowest BCUT2D eigenvalue weighted by Crippen LogP contribution is -2.43. The maximum absolute atomic E-state index is 13.1. The number of urea groups is 1. The Morgan fingerprint density at radius 2 is 1.97 bits per heavy atom. The predicted molar refractivity (Wildman–Crippen MR) is 116 cm³/mol. The SMILES string of the molecule is CCCNC(=O)N(C)CC(=O)N1N=C(c2cccc(OC)c2)CC1c1ccccc1. The molecule has 2 aromatic rings. The standard InChI is InChI=1S/C23H28N4O3/c1-4-13-24-23(29)26(2)16-22(28)27-21(17-9-6-5-7-10-17)15-20(25-27)18-11-8-12-19(14-18)30-3/h5-12,14,21H,4,13,15-16H2,1-3H3,(H,24,29). The fourth-order valence-electron chi connectivity index (χ4n) is 3.37. The van der Waals surface area contributed by atoms with Gasteiger partial charge < -0.3 is 15.0 Å². The molecule has 0 saturated carbocycles. The van der Waals surface area contributed by atoms with Gasteiger partial charge in [-0.1, -0.05) is 49.4 Å². The van der Waals surface area contributed by atoms with Gasteiger partial charge in [0.15, 0.2) is 0 Å². The topological polar surface area (TPSA) is 74.2 Å². The summed E-state index contributed by atoms with van der Waals surface area (Å²) < 4.78 is 5.32. The lowest BCUT2D eigenvalue weighted by molar-refractivity contribution is -0.133. The Balaban J connectivity index is 1.84. The zero-order valence-electron chi connectivity index (χ0n) is 17.7. The number of hydrazone groups is 1. The van der Waals surface area contributed by atoms with Gasteiger partial charge in [-0.25, -0.2) is 9.80 Å². The van der Waals surface area contributed by atoms with Crippen molar-refractivity contribution in [3.05, 3.63) is 65.7 Å². The number of benzene rings is 2. The second-order valence-corrected chi connectivity index (χ2v) is 7.24. The maximum Gasteiger partial charge on any atom is 0.317 e. The molecule has 0 fully saturated rings. The highest BCUT2D eigenvalue weighted by molar-refractivity contribution is 6.03. The Labute approximate surface area is 177 Å². The molecule has 0 radical (unpaired) electrons. The minimum Gasteiger partial charge on any atom is -0.497 e. The quantitative estimate of drug-likeness (QED) is 0.763. The van der Waals surface area contributed by atoms with Crippen LogP contribution < -0.4 is 10.1 Å². The van der Waals surface area contributed by atoms with Crippen molar-refractivity contribution in [2.24, 2.45) is 5.10 Å². The van der Waals surface area contributed by atoms with Crippen LogP contribution in [0.25, 0.3) is 0 Å². The van der Waals surface area contributed by atoms with Crippen LogP contribution >= 0.6 is 0 Å². The first-order chi connectivity index (χ1) is 14.5. The van der Waals surface area contributed by atoms with Crippen LogP contribution in [-0.2, 0) is 4.79 Å². The summed E-state index contributed by atoms with van der Waals surface area (Å²) >= 11 is 0. The lowest BCUT2D eigenvalue weighted by Gasteiger charge is -2.25.